The van der Waals surface area contributed by atoms with E-state index in [-0.39, 0.29) is 11.9 Å². The molecule has 88 valence electrons. The molecule has 0 aliphatic heterocycles. The van der Waals surface area contributed by atoms with E-state index in [0.29, 0.717) is 6.42 Å². The van der Waals surface area contributed by atoms with Crippen LogP contribution in [0.1, 0.15) is 31.5 Å². The van der Waals surface area contributed by atoms with Crippen LogP contribution in [0.25, 0.3) is 0 Å². The SMILES string of the molecule is CNCCCC(=O)N[C@@H](C)c1ccccn1. The number of nitrogens with one attached hydrogen (secondary N) is 2. The normalized spacial score (nSPS) is 12.1. The lowest BCUT2D eigenvalue weighted by Crippen LogP contribution is -2.27. The van der Waals surface area contributed by atoms with Gasteiger partial charge in [0.25, 0.3) is 0 Å². The van der Waals surface area contributed by atoms with Gasteiger partial charge in [-0.3, -0.25) is 9.78 Å². The van der Waals surface area contributed by atoms with Crippen LogP contribution < -0.4 is 10.6 Å². The first-order valence-corrected chi connectivity index (χ1v) is 5.59. The zero-order chi connectivity index (χ0) is 11.8. The quantitative estimate of drug-likeness (QED) is 0.711. The number of pyridine rings is 1. The third-order valence-corrected chi connectivity index (χ3v) is 2.34. The van der Waals surface area contributed by atoms with E-state index in [1.54, 1.807) is 6.20 Å². The van der Waals surface area contributed by atoms with Crippen LogP contribution in [0.2, 0.25) is 0 Å². The van der Waals surface area contributed by atoms with Crippen molar-refractivity contribution in [3.05, 3.63) is 30.1 Å². The molecule has 1 aromatic heterocycles. The Morgan fingerprint density at radius 3 is 2.94 bits per heavy atom. The second-order valence-corrected chi connectivity index (χ2v) is 3.75. The molecule has 1 aromatic rings. The minimum Gasteiger partial charge on any atom is -0.348 e. The summed E-state index contributed by atoms with van der Waals surface area (Å²) in [7, 11) is 1.88. The molecular weight excluding hydrogens is 202 g/mol. The van der Waals surface area contributed by atoms with Gasteiger partial charge in [-0.05, 0) is 39.1 Å². The highest BCUT2D eigenvalue weighted by molar-refractivity contribution is 5.76. The molecule has 0 radical (unpaired) electrons. The third kappa shape index (κ3) is 4.40. The molecule has 0 fully saturated rings. The van der Waals surface area contributed by atoms with Gasteiger partial charge in [-0.15, -0.1) is 0 Å². The van der Waals surface area contributed by atoms with Crippen molar-refractivity contribution in [2.75, 3.05) is 13.6 Å². The van der Waals surface area contributed by atoms with Crippen molar-refractivity contribution in [3.63, 3.8) is 0 Å². The van der Waals surface area contributed by atoms with E-state index < -0.39 is 0 Å². The fraction of sp³-hybridized carbons (Fsp3) is 0.500. The summed E-state index contributed by atoms with van der Waals surface area (Å²) in [6, 6.07) is 5.68. The maximum atomic E-state index is 11.5. The van der Waals surface area contributed by atoms with Crippen LogP contribution in [0, 0.1) is 0 Å². The molecule has 2 N–H and O–H groups in total. The van der Waals surface area contributed by atoms with E-state index in [0.717, 1.165) is 18.7 Å². The zero-order valence-corrected chi connectivity index (χ0v) is 9.86. The predicted octanol–water partition coefficient (Wildman–Crippen LogP) is 1.26. The van der Waals surface area contributed by atoms with Crippen molar-refractivity contribution in [1.82, 2.24) is 15.6 Å². The molecule has 16 heavy (non-hydrogen) atoms. The van der Waals surface area contributed by atoms with E-state index in [2.05, 4.69) is 15.6 Å². The van der Waals surface area contributed by atoms with E-state index in [9.17, 15) is 4.79 Å². The average Bonchev–Trinajstić information content (AvgIpc) is 2.30. The number of aromatic nitrogens is 1. The number of carbonyl (C=O) groups is 1. The average molecular weight is 221 g/mol. The van der Waals surface area contributed by atoms with Crippen LogP contribution in [0.15, 0.2) is 24.4 Å². The Hall–Kier alpha value is -1.42. The molecule has 1 heterocycles. The van der Waals surface area contributed by atoms with Crippen molar-refractivity contribution in [2.45, 2.75) is 25.8 Å². The number of rotatable bonds is 6. The van der Waals surface area contributed by atoms with Crippen molar-refractivity contribution in [3.8, 4) is 0 Å². The summed E-state index contributed by atoms with van der Waals surface area (Å²) in [6.07, 6.45) is 3.15. The zero-order valence-electron chi connectivity index (χ0n) is 9.86. The molecule has 4 heteroatoms. The van der Waals surface area contributed by atoms with E-state index in [1.807, 2.05) is 32.2 Å². The number of hydrogen-bond acceptors (Lipinski definition) is 3. The fourth-order valence-corrected chi connectivity index (χ4v) is 1.45. The predicted molar refractivity (Wildman–Crippen MR) is 64.0 cm³/mol. The Labute approximate surface area is 96.5 Å². The molecule has 1 rings (SSSR count). The first-order chi connectivity index (χ1) is 7.74. The van der Waals surface area contributed by atoms with Gasteiger partial charge < -0.3 is 10.6 Å². The minimum absolute atomic E-state index is 0.0247. The molecule has 0 aliphatic rings. The molecule has 0 saturated carbocycles. The van der Waals surface area contributed by atoms with E-state index in [4.69, 9.17) is 0 Å². The van der Waals surface area contributed by atoms with Crippen LogP contribution in [-0.2, 0) is 4.79 Å². The molecule has 4 nitrogen and oxygen atoms in total. The van der Waals surface area contributed by atoms with Crippen LogP contribution >= 0.6 is 0 Å². The highest BCUT2D eigenvalue weighted by Crippen LogP contribution is 2.07. The summed E-state index contributed by atoms with van der Waals surface area (Å²) in [4.78, 5) is 15.7. The monoisotopic (exact) mass is 221 g/mol. The molecule has 1 atom stereocenters. The maximum Gasteiger partial charge on any atom is 0.220 e. The Morgan fingerprint density at radius 1 is 1.50 bits per heavy atom. The second kappa shape index (κ2) is 6.95. The smallest absolute Gasteiger partial charge is 0.220 e. The number of nitrogens with zero attached hydrogens (tertiary/aromatic N) is 1. The molecule has 0 aliphatic carbocycles. The third-order valence-electron chi connectivity index (χ3n) is 2.34. The summed E-state index contributed by atoms with van der Waals surface area (Å²) in [5.41, 5.74) is 0.893. The lowest BCUT2D eigenvalue weighted by molar-refractivity contribution is -0.121. The summed E-state index contributed by atoms with van der Waals surface area (Å²) in [5, 5.41) is 5.94. The van der Waals surface area contributed by atoms with Gasteiger partial charge in [-0.1, -0.05) is 6.07 Å². The molecule has 0 spiro atoms. The van der Waals surface area contributed by atoms with Gasteiger partial charge >= 0.3 is 0 Å². The highest BCUT2D eigenvalue weighted by atomic mass is 16.1. The van der Waals surface area contributed by atoms with Gasteiger partial charge in [0.1, 0.15) is 0 Å². The number of hydrogen-bond donors (Lipinski definition) is 2. The van der Waals surface area contributed by atoms with Gasteiger partial charge in [0, 0.05) is 12.6 Å². The topological polar surface area (TPSA) is 54.0 Å². The van der Waals surface area contributed by atoms with Gasteiger partial charge in [-0.2, -0.15) is 0 Å². The minimum atomic E-state index is -0.0247. The summed E-state index contributed by atoms with van der Waals surface area (Å²) >= 11 is 0. The molecule has 0 aromatic carbocycles. The lowest BCUT2D eigenvalue weighted by Gasteiger charge is -2.13. The van der Waals surface area contributed by atoms with Crippen molar-refractivity contribution in [1.29, 1.82) is 0 Å². The van der Waals surface area contributed by atoms with E-state index >= 15 is 0 Å². The van der Waals surface area contributed by atoms with Crippen LogP contribution in [0.3, 0.4) is 0 Å². The molecule has 0 saturated heterocycles. The van der Waals surface area contributed by atoms with Crippen molar-refractivity contribution >= 4 is 5.91 Å². The second-order valence-electron chi connectivity index (χ2n) is 3.75. The lowest BCUT2D eigenvalue weighted by atomic mass is 10.2. The summed E-state index contributed by atoms with van der Waals surface area (Å²) < 4.78 is 0. The van der Waals surface area contributed by atoms with Crippen molar-refractivity contribution < 1.29 is 4.79 Å². The van der Waals surface area contributed by atoms with E-state index in [1.165, 1.54) is 0 Å². The van der Waals surface area contributed by atoms with Crippen LogP contribution in [0.5, 0.6) is 0 Å². The Balaban J connectivity index is 2.34. The van der Waals surface area contributed by atoms with Crippen LogP contribution in [-0.4, -0.2) is 24.5 Å². The molecule has 0 unspecified atom stereocenters. The van der Waals surface area contributed by atoms with Gasteiger partial charge in [0.15, 0.2) is 0 Å². The number of carbonyl (C=O) groups excluding carboxylic acids is 1. The largest absolute Gasteiger partial charge is 0.348 e. The first-order valence-electron chi connectivity index (χ1n) is 5.59. The summed E-state index contributed by atoms with van der Waals surface area (Å²) in [5.74, 6) is 0.0772. The molecule has 1 amide bonds. The molecule has 0 bridgehead atoms. The Bertz CT molecular complexity index is 313. The van der Waals surface area contributed by atoms with Crippen LogP contribution in [0.4, 0.5) is 0 Å². The fourth-order valence-electron chi connectivity index (χ4n) is 1.45. The summed E-state index contributed by atoms with van der Waals surface area (Å²) in [6.45, 7) is 2.81. The maximum absolute atomic E-state index is 11.5. The standard InChI is InChI=1S/C12H19N3O/c1-10(11-6-3-4-9-14-11)15-12(16)7-5-8-13-2/h3-4,6,9-10,13H,5,7-8H2,1-2H3,(H,15,16)/t10-/m0/s1. The van der Waals surface area contributed by atoms with Gasteiger partial charge in [0.2, 0.25) is 5.91 Å². The van der Waals surface area contributed by atoms with Crippen molar-refractivity contribution in [2.24, 2.45) is 0 Å². The Kier molecular flexibility index (Phi) is 5.50. The first kappa shape index (κ1) is 12.6. The molecular formula is C12H19N3O. The number of amides is 1. The van der Waals surface area contributed by atoms with Gasteiger partial charge in [-0.25, -0.2) is 0 Å². The Morgan fingerprint density at radius 2 is 2.31 bits per heavy atom. The van der Waals surface area contributed by atoms with Gasteiger partial charge in [0.05, 0.1) is 11.7 Å². The highest BCUT2D eigenvalue weighted by Gasteiger charge is 2.09.